The van der Waals surface area contributed by atoms with Gasteiger partial charge in [-0.1, -0.05) is 23.7 Å². The molecule has 6 nitrogen and oxygen atoms in total. The summed E-state index contributed by atoms with van der Waals surface area (Å²) >= 11 is 5.81. The predicted molar refractivity (Wildman–Crippen MR) is 88.4 cm³/mol. The molecule has 0 spiro atoms. The second-order valence-corrected chi connectivity index (χ2v) is 5.10. The van der Waals surface area contributed by atoms with Crippen molar-refractivity contribution in [1.29, 1.82) is 0 Å². The summed E-state index contributed by atoms with van der Waals surface area (Å²) in [5, 5.41) is 7.11. The monoisotopic (exact) mass is 330 g/mol. The van der Waals surface area contributed by atoms with Crippen LogP contribution in [-0.2, 0) is 4.79 Å². The number of nitrogens with zero attached hydrogens (tertiary/aromatic N) is 2. The average molecular weight is 331 g/mol. The molecule has 2 aromatic rings. The third-order valence-corrected chi connectivity index (χ3v) is 3.20. The van der Waals surface area contributed by atoms with Crippen LogP contribution in [0, 0.1) is 0 Å². The number of rotatable bonds is 5. The SMILES string of the molecule is C/C(=N/NC(=O)CNC(=O)c1cccnc1)c1ccc(Cl)cc1. The maximum Gasteiger partial charge on any atom is 0.259 e. The van der Waals surface area contributed by atoms with Gasteiger partial charge in [0.05, 0.1) is 17.8 Å². The van der Waals surface area contributed by atoms with Crippen molar-refractivity contribution in [3.63, 3.8) is 0 Å². The molecule has 0 saturated carbocycles. The van der Waals surface area contributed by atoms with Gasteiger partial charge in [0.2, 0.25) is 0 Å². The molecule has 7 heteroatoms. The highest BCUT2D eigenvalue weighted by Crippen LogP contribution is 2.09. The Kier molecular flexibility index (Phi) is 5.82. The molecular formula is C16H15ClN4O2. The summed E-state index contributed by atoms with van der Waals surface area (Å²) in [6.07, 6.45) is 2.99. The van der Waals surface area contributed by atoms with E-state index in [-0.39, 0.29) is 12.5 Å². The molecule has 1 heterocycles. The first-order chi connectivity index (χ1) is 11.1. The first-order valence-corrected chi connectivity index (χ1v) is 7.21. The zero-order chi connectivity index (χ0) is 16.7. The Morgan fingerprint density at radius 3 is 2.57 bits per heavy atom. The van der Waals surface area contributed by atoms with Gasteiger partial charge in [-0.3, -0.25) is 14.6 Å². The van der Waals surface area contributed by atoms with Crippen LogP contribution in [-0.4, -0.2) is 29.1 Å². The first kappa shape index (κ1) is 16.6. The van der Waals surface area contributed by atoms with E-state index in [2.05, 4.69) is 20.8 Å². The molecule has 23 heavy (non-hydrogen) atoms. The molecule has 0 radical (unpaired) electrons. The number of halogens is 1. The summed E-state index contributed by atoms with van der Waals surface area (Å²) in [6.45, 7) is 1.59. The van der Waals surface area contributed by atoms with Crippen molar-refractivity contribution < 1.29 is 9.59 Å². The number of hydrazone groups is 1. The number of carbonyl (C=O) groups is 2. The largest absolute Gasteiger partial charge is 0.343 e. The predicted octanol–water partition coefficient (Wildman–Crippen LogP) is 2.01. The fraction of sp³-hybridized carbons (Fsp3) is 0.125. The minimum absolute atomic E-state index is 0.175. The molecule has 2 amide bonds. The minimum Gasteiger partial charge on any atom is -0.343 e. The summed E-state index contributed by atoms with van der Waals surface area (Å²) in [7, 11) is 0. The Balaban J connectivity index is 1.84. The van der Waals surface area contributed by atoms with Crippen LogP contribution in [0.15, 0.2) is 53.9 Å². The van der Waals surface area contributed by atoms with E-state index >= 15 is 0 Å². The number of hydrogen-bond donors (Lipinski definition) is 2. The maximum atomic E-state index is 11.8. The lowest BCUT2D eigenvalue weighted by molar-refractivity contribution is -0.120. The molecule has 1 aromatic carbocycles. The van der Waals surface area contributed by atoms with Gasteiger partial charge in [-0.2, -0.15) is 5.10 Å². The Bertz CT molecular complexity index is 715. The van der Waals surface area contributed by atoms with Gasteiger partial charge in [-0.05, 0) is 36.8 Å². The summed E-state index contributed by atoms with van der Waals surface area (Å²) in [6, 6.07) is 10.4. The highest BCUT2D eigenvalue weighted by atomic mass is 35.5. The van der Waals surface area contributed by atoms with E-state index in [0.29, 0.717) is 16.3 Å². The van der Waals surface area contributed by atoms with Gasteiger partial charge in [0.25, 0.3) is 11.8 Å². The molecule has 0 bridgehead atoms. The molecule has 0 unspecified atom stereocenters. The fourth-order valence-corrected chi connectivity index (χ4v) is 1.83. The standard InChI is InChI=1S/C16H15ClN4O2/c1-11(12-4-6-14(17)7-5-12)20-21-15(22)10-19-16(23)13-3-2-8-18-9-13/h2-9H,10H2,1H3,(H,19,23)(H,21,22)/b20-11-. The van der Waals surface area contributed by atoms with Gasteiger partial charge in [-0.25, -0.2) is 5.43 Å². The van der Waals surface area contributed by atoms with Gasteiger partial charge in [0.1, 0.15) is 0 Å². The Morgan fingerprint density at radius 1 is 1.17 bits per heavy atom. The maximum absolute atomic E-state index is 11.8. The van der Waals surface area contributed by atoms with Crippen molar-refractivity contribution in [3.8, 4) is 0 Å². The summed E-state index contributed by atoms with van der Waals surface area (Å²) in [5.74, 6) is -0.790. The van der Waals surface area contributed by atoms with Gasteiger partial charge in [0, 0.05) is 17.4 Å². The number of benzene rings is 1. The summed E-state index contributed by atoms with van der Waals surface area (Å²) in [4.78, 5) is 27.3. The van der Waals surface area contributed by atoms with E-state index in [1.165, 1.54) is 6.20 Å². The average Bonchev–Trinajstić information content (AvgIpc) is 2.59. The zero-order valence-electron chi connectivity index (χ0n) is 12.4. The molecule has 2 rings (SSSR count). The normalized spacial score (nSPS) is 11.0. The van der Waals surface area contributed by atoms with Crippen molar-refractivity contribution in [2.24, 2.45) is 5.10 Å². The van der Waals surface area contributed by atoms with Crippen LogP contribution in [0.5, 0.6) is 0 Å². The molecule has 1 aromatic heterocycles. The van der Waals surface area contributed by atoms with Crippen LogP contribution in [0.1, 0.15) is 22.8 Å². The number of aromatic nitrogens is 1. The highest BCUT2D eigenvalue weighted by Gasteiger charge is 2.07. The fourth-order valence-electron chi connectivity index (χ4n) is 1.70. The van der Waals surface area contributed by atoms with Crippen LogP contribution >= 0.6 is 11.6 Å². The van der Waals surface area contributed by atoms with Crippen LogP contribution in [0.4, 0.5) is 0 Å². The molecule has 0 fully saturated rings. The molecule has 0 saturated heterocycles. The van der Waals surface area contributed by atoms with E-state index in [4.69, 9.17) is 11.6 Å². The molecule has 0 aliphatic carbocycles. The molecular weight excluding hydrogens is 316 g/mol. The molecule has 0 aliphatic heterocycles. The first-order valence-electron chi connectivity index (χ1n) is 6.83. The quantitative estimate of drug-likeness (QED) is 0.649. The topological polar surface area (TPSA) is 83.5 Å². The van der Waals surface area contributed by atoms with E-state index in [9.17, 15) is 9.59 Å². The lowest BCUT2D eigenvalue weighted by atomic mass is 10.1. The molecule has 0 atom stereocenters. The zero-order valence-corrected chi connectivity index (χ0v) is 13.2. The second-order valence-electron chi connectivity index (χ2n) is 4.66. The van der Waals surface area contributed by atoms with Crippen molar-refractivity contribution in [1.82, 2.24) is 15.7 Å². The molecule has 0 aliphatic rings. The van der Waals surface area contributed by atoms with Crippen molar-refractivity contribution in [2.45, 2.75) is 6.92 Å². The number of carbonyl (C=O) groups excluding carboxylic acids is 2. The van der Waals surface area contributed by atoms with Crippen molar-refractivity contribution in [2.75, 3.05) is 6.54 Å². The molecule has 118 valence electrons. The summed E-state index contributed by atoms with van der Waals surface area (Å²) < 4.78 is 0. The number of nitrogens with one attached hydrogen (secondary N) is 2. The second kappa shape index (κ2) is 8.05. The van der Waals surface area contributed by atoms with Crippen LogP contribution in [0.3, 0.4) is 0 Å². The number of pyridine rings is 1. The number of amides is 2. The highest BCUT2D eigenvalue weighted by molar-refractivity contribution is 6.30. The lowest BCUT2D eigenvalue weighted by Gasteiger charge is -2.05. The van der Waals surface area contributed by atoms with Gasteiger partial charge in [-0.15, -0.1) is 0 Å². The van der Waals surface area contributed by atoms with E-state index in [1.54, 1.807) is 49.5 Å². The summed E-state index contributed by atoms with van der Waals surface area (Å²) in [5.41, 5.74) is 4.25. The minimum atomic E-state index is -0.421. The van der Waals surface area contributed by atoms with Crippen LogP contribution in [0.2, 0.25) is 5.02 Å². The number of hydrogen-bond acceptors (Lipinski definition) is 4. The Labute approximate surface area is 138 Å². The van der Waals surface area contributed by atoms with Crippen LogP contribution < -0.4 is 10.7 Å². The van der Waals surface area contributed by atoms with E-state index in [0.717, 1.165) is 5.56 Å². The van der Waals surface area contributed by atoms with Crippen molar-refractivity contribution in [3.05, 3.63) is 64.9 Å². The van der Waals surface area contributed by atoms with Gasteiger partial charge >= 0.3 is 0 Å². The Hall–Kier alpha value is -2.73. The van der Waals surface area contributed by atoms with Crippen molar-refractivity contribution >= 4 is 29.1 Å². The third kappa shape index (κ3) is 5.19. The smallest absolute Gasteiger partial charge is 0.259 e. The van der Waals surface area contributed by atoms with E-state index in [1.807, 2.05) is 0 Å². The van der Waals surface area contributed by atoms with Crippen LogP contribution in [0.25, 0.3) is 0 Å². The van der Waals surface area contributed by atoms with Gasteiger partial charge < -0.3 is 5.32 Å². The third-order valence-electron chi connectivity index (χ3n) is 2.94. The van der Waals surface area contributed by atoms with E-state index < -0.39 is 5.91 Å². The van der Waals surface area contributed by atoms with Gasteiger partial charge in [0.15, 0.2) is 0 Å². The lowest BCUT2D eigenvalue weighted by Crippen LogP contribution is -2.35. The Morgan fingerprint density at radius 2 is 1.91 bits per heavy atom. The molecule has 2 N–H and O–H groups in total.